The quantitative estimate of drug-likeness (QED) is 0.840. The molecule has 0 atom stereocenters. The van der Waals surface area contributed by atoms with Crippen LogP contribution in [-0.2, 0) is 0 Å². The number of dihydropyridines is 1. The van der Waals surface area contributed by atoms with Gasteiger partial charge in [-0.25, -0.2) is 9.37 Å². The molecule has 0 radical (unpaired) electrons. The van der Waals surface area contributed by atoms with Crippen molar-refractivity contribution < 1.29 is 9.18 Å². The maximum atomic E-state index is 13.6. The zero-order chi connectivity index (χ0) is 17.8. The van der Waals surface area contributed by atoms with Crippen molar-refractivity contribution in [2.45, 2.75) is 13.3 Å². The Kier molecular flexibility index (Phi) is 4.74. The van der Waals surface area contributed by atoms with E-state index in [0.717, 1.165) is 17.6 Å². The number of nitrogens with one attached hydrogen (secondary N) is 2. The lowest BCUT2D eigenvalue weighted by Crippen LogP contribution is -2.16. The first-order chi connectivity index (χ1) is 12.1. The number of anilines is 1. The Morgan fingerprint density at radius 2 is 2.08 bits per heavy atom. The molecule has 1 aromatic carbocycles. The monoisotopic (exact) mass is 337 g/mol. The predicted octanol–water partition coefficient (Wildman–Crippen LogP) is 3.14. The molecule has 0 unspecified atom stereocenters. The lowest BCUT2D eigenvalue weighted by molar-refractivity contribution is 0.102. The van der Waals surface area contributed by atoms with Gasteiger partial charge in [-0.3, -0.25) is 14.8 Å². The molecule has 2 heterocycles. The van der Waals surface area contributed by atoms with Gasteiger partial charge in [0.25, 0.3) is 5.91 Å². The molecule has 6 nitrogen and oxygen atoms in total. The average Bonchev–Trinajstić information content (AvgIpc) is 2.62. The van der Waals surface area contributed by atoms with Crippen molar-refractivity contribution in [1.82, 2.24) is 9.97 Å². The Bertz CT molecular complexity index is 887. The molecule has 1 aromatic heterocycles. The van der Waals surface area contributed by atoms with Gasteiger partial charge >= 0.3 is 0 Å². The largest absolute Gasteiger partial charge is 0.306 e. The summed E-state index contributed by atoms with van der Waals surface area (Å²) in [6, 6.07) is 5.72. The van der Waals surface area contributed by atoms with Crippen LogP contribution in [0.3, 0.4) is 0 Å². The molecule has 2 aromatic rings. The minimum absolute atomic E-state index is 0.0579. The highest BCUT2D eigenvalue weighted by Gasteiger charge is 2.17. The molecule has 0 fully saturated rings. The first-order valence-electron chi connectivity index (χ1n) is 7.73. The van der Waals surface area contributed by atoms with E-state index in [2.05, 4.69) is 20.3 Å². The maximum absolute atomic E-state index is 13.6. The van der Waals surface area contributed by atoms with E-state index in [0.29, 0.717) is 18.0 Å². The molecule has 0 aliphatic carbocycles. The summed E-state index contributed by atoms with van der Waals surface area (Å²) in [7, 11) is 0. The predicted molar refractivity (Wildman–Crippen MR) is 94.7 cm³/mol. The fourth-order valence-corrected chi connectivity index (χ4v) is 2.59. The molecule has 0 saturated heterocycles. The number of amides is 1. The number of hydrogen-bond donors (Lipinski definition) is 2. The Labute approximate surface area is 144 Å². The highest BCUT2D eigenvalue weighted by molar-refractivity contribution is 6.50. The number of aliphatic imine (C=N–C) groups is 1. The van der Waals surface area contributed by atoms with E-state index in [1.807, 2.05) is 6.92 Å². The van der Waals surface area contributed by atoms with Gasteiger partial charge < -0.3 is 10.7 Å². The molecule has 2 N–H and O–H groups in total. The van der Waals surface area contributed by atoms with Gasteiger partial charge in [-0.15, -0.1) is 0 Å². The minimum Gasteiger partial charge on any atom is -0.306 e. The lowest BCUT2D eigenvalue weighted by Gasteiger charge is -2.16. The second kappa shape index (κ2) is 7.12. The summed E-state index contributed by atoms with van der Waals surface area (Å²) >= 11 is 0. The van der Waals surface area contributed by atoms with Crippen molar-refractivity contribution in [2.75, 3.05) is 11.9 Å². The van der Waals surface area contributed by atoms with Crippen LogP contribution < -0.4 is 5.32 Å². The molecule has 7 heteroatoms. The molecule has 0 saturated carbocycles. The van der Waals surface area contributed by atoms with Gasteiger partial charge in [-0.1, -0.05) is 17.7 Å². The summed E-state index contributed by atoms with van der Waals surface area (Å²) in [5.74, 6) is -0.964. The third-order valence-electron chi connectivity index (χ3n) is 3.86. The molecular weight excluding hydrogens is 321 g/mol. The number of allylic oxidation sites excluding steroid dienone is 1. The zero-order valence-corrected chi connectivity index (χ0v) is 13.6. The van der Waals surface area contributed by atoms with Gasteiger partial charge in [-0.05, 0) is 25.5 Å². The molecule has 1 aliphatic heterocycles. The number of halogens is 1. The van der Waals surface area contributed by atoms with Crippen LogP contribution >= 0.6 is 0 Å². The smallest absolute Gasteiger partial charge is 0.259 e. The van der Waals surface area contributed by atoms with E-state index in [-0.39, 0.29) is 11.4 Å². The van der Waals surface area contributed by atoms with Crippen LogP contribution in [0.15, 0.2) is 47.2 Å². The van der Waals surface area contributed by atoms with Crippen LogP contribution in [0.25, 0.3) is 5.57 Å². The average molecular weight is 337 g/mol. The summed E-state index contributed by atoms with van der Waals surface area (Å²) in [5, 5.41) is 10.0. The number of nitrogens with zero attached hydrogens (tertiary/aromatic N) is 3. The van der Waals surface area contributed by atoms with Gasteiger partial charge in [-0.2, -0.15) is 0 Å². The topological polar surface area (TPSA) is 91.1 Å². The third kappa shape index (κ3) is 3.50. The van der Waals surface area contributed by atoms with Crippen molar-refractivity contribution in [3.05, 3.63) is 59.3 Å². The van der Waals surface area contributed by atoms with Crippen molar-refractivity contribution in [3.63, 3.8) is 0 Å². The summed E-state index contributed by atoms with van der Waals surface area (Å²) in [6.45, 7) is 2.63. The molecule has 3 rings (SSSR count). The van der Waals surface area contributed by atoms with Crippen LogP contribution in [0.2, 0.25) is 0 Å². The van der Waals surface area contributed by atoms with E-state index in [1.165, 1.54) is 36.8 Å². The number of carbonyl (C=O) groups excluding carboxylic acids is 1. The van der Waals surface area contributed by atoms with Gasteiger partial charge in [0, 0.05) is 18.3 Å². The van der Waals surface area contributed by atoms with E-state index in [4.69, 9.17) is 5.41 Å². The Morgan fingerprint density at radius 3 is 2.76 bits per heavy atom. The summed E-state index contributed by atoms with van der Waals surface area (Å²) in [4.78, 5) is 24.9. The van der Waals surface area contributed by atoms with Gasteiger partial charge in [0.05, 0.1) is 29.4 Å². The first kappa shape index (κ1) is 16.6. The molecule has 0 spiro atoms. The number of carbonyl (C=O) groups is 1. The molecule has 126 valence electrons. The van der Waals surface area contributed by atoms with Crippen LogP contribution in [0, 0.1) is 11.2 Å². The number of aromatic nitrogens is 2. The second-order valence-corrected chi connectivity index (χ2v) is 5.54. The fraction of sp³-hybridized carbons (Fsp3) is 0.167. The van der Waals surface area contributed by atoms with E-state index < -0.39 is 11.7 Å². The first-order valence-corrected chi connectivity index (χ1v) is 7.73. The SMILES string of the molecule is CC1=C(c2cnc(NC(=O)c3ccccc3F)cn2)C(C=N)=NCC1. The summed E-state index contributed by atoms with van der Waals surface area (Å²) in [6.07, 6.45) is 4.93. The zero-order valence-electron chi connectivity index (χ0n) is 13.6. The van der Waals surface area contributed by atoms with Gasteiger partial charge in [0.15, 0.2) is 5.82 Å². The van der Waals surface area contributed by atoms with E-state index in [1.54, 1.807) is 6.07 Å². The Morgan fingerprint density at radius 1 is 1.28 bits per heavy atom. The second-order valence-electron chi connectivity index (χ2n) is 5.54. The minimum atomic E-state index is -0.598. The van der Waals surface area contributed by atoms with E-state index >= 15 is 0 Å². The number of hydrogen-bond acceptors (Lipinski definition) is 5. The Balaban J connectivity index is 1.81. The molecule has 0 bridgehead atoms. The molecule has 1 amide bonds. The van der Waals surface area contributed by atoms with Gasteiger partial charge in [0.1, 0.15) is 5.82 Å². The Hall–Kier alpha value is -3.22. The van der Waals surface area contributed by atoms with Crippen molar-refractivity contribution in [3.8, 4) is 0 Å². The van der Waals surface area contributed by atoms with Crippen molar-refractivity contribution in [1.29, 1.82) is 5.41 Å². The highest BCUT2D eigenvalue weighted by atomic mass is 19.1. The third-order valence-corrected chi connectivity index (χ3v) is 3.86. The highest BCUT2D eigenvalue weighted by Crippen LogP contribution is 2.24. The van der Waals surface area contributed by atoms with Crippen LogP contribution in [0.4, 0.5) is 10.2 Å². The maximum Gasteiger partial charge on any atom is 0.259 e. The van der Waals surface area contributed by atoms with Crippen LogP contribution in [-0.4, -0.2) is 34.3 Å². The lowest BCUT2D eigenvalue weighted by atomic mass is 9.97. The molecule has 1 aliphatic rings. The number of rotatable bonds is 4. The number of benzene rings is 1. The van der Waals surface area contributed by atoms with Crippen LogP contribution in [0.5, 0.6) is 0 Å². The standard InChI is InChI=1S/C18H16FN5O/c1-11-6-7-21-14(8-20)17(11)15-9-23-16(10-22-15)24-18(25)12-4-2-3-5-13(12)19/h2-5,8-10,20H,6-7H2,1H3,(H,23,24,25). The summed E-state index contributed by atoms with van der Waals surface area (Å²) < 4.78 is 13.6. The molecule has 25 heavy (non-hydrogen) atoms. The van der Waals surface area contributed by atoms with Crippen molar-refractivity contribution >= 4 is 29.2 Å². The van der Waals surface area contributed by atoms with Gasteiger partial charge in [0.2, 0.25) is 0 Å². The van der Waals surface area contributed by atoms with E-state index in [9.17, 15) is 9.18 Å². The van der Waals surface area contributed by atoms with Crippen molar-refractivity contribution in [2.24, 2.45) is 4.99 Å². The summed E-state index contributed by atoms with van der Waals surface area (Å²) in [5.41, 5.74) is 2.98. The van der Waals surface area contributed by atoms with Crippen LogP contribution in [0.1, 0.15) is 29.4 Å². The fourth-order valence-electron chi connectivity index (χ4n) is 2.59. The molecular formula is C18H16FN5O. The normalized spacial score (nSPS) is 14.1.